The van der Waals surface area contributed by atoms with E-state index >= 15 is 0 Å². The smallest absolute Gasteiger partial charge is 0.414 e. The highest BCUT2D eigenvalue weighted by molar-refractivity contribution is 5.87. The second-order valence-electron chi connectivity index (χ2n) is 3.63. The summed E-state index contributed by atoms with van der Waals surface area (Å²) in [5.41, 5.74) is -0.167. The van der Waals surface area contributed by atoms with Gasteiger partial charge in [-0.1, -0.05) is 6.07 Å². The van der Waals surface area contributed by atoms with Crippen molar-refractivity contribution >= 4 is 11.8 Å². The third-order valence-electron chi connectivity index (χ3n) is 2.41. The molecule has 4 nitrogen and oxygen atoms in total. The van der Waals surface area contributed by atoms with Gasteiger partial charge in [0.2, 0.25) is 0 Å². The summed E-state index contributed by atoms with van der Waals surface area (Å²) in [6, 6.07) is 3.59. The van der Waals surface area contributed by atoms with Crippen LogP contribution in [0.25, 0.3) is 0 Å². The molecule has 1 aromatic carbocycles. The number of carbonyl (C=O) groups is 1. The number of anilines is 1. The monoisotopic (exact) mass is 259 g/mol. The van der Waals surface area contributed by atoms with Crippen molar-refractivity contribution in [1.82, 2.24) is 0 Å². The van der Waals surface area contributed by atoms with Crippen LogP contribution in [0.1, 0.15) is 12.8 Å². The van der Waals surface area contributed by atoms with Gasteiger partial charge in [0.05, 0.1) is 12.8 Å². The first-order valence-corrected chi connectivity index (χ1v) is 5.52. The van der Waals surface area contributed by atoms with E-state index in [9.17, 15) is 13.6 Å². The van der Waals surface area contributed by atoms with Gasteiger partial charge in [-0.25, -0.2) is 13.6 Å². The Morgan fingerprint density at radius 3 is 2.72 bits per heavy atom. The summed E-state index contributed by atoms with van der Waals surface area (Å²) < 4.78 is 31.2. The minimum absolute atomic E-state index is 0.0271. The van der Waals surface area contributed by atoms with Crippen LogP contribution in [0.2, 0.25) is 0 Å². The molecule has 0 atom stereocenters. The lowest BCUT2D eigenvalue weighted by molar-refractivity contribution is 0.178. The lowest BCUT2D eigenvalue weighted by Crippen LogP contribution is -2.32. The lowest BCUT2D eigenvalue weighted by atomic mass is 10.2. The van der Waals surface area contributed by atoms with Gasteiger partial charge < -0.3 is 9.84 Å². The Morgan fingerprint density at radius 2 is 2.11 bits per heavy atom. The standard InChI is InChI=1S/C12H15F2NO3/c1-18-12(17)15(7-2-3-8-16)10-6-4-5-9(13)11(10)14/h4-6,16H,2-3,7-8H2,1H3. The van der Waals surface area contributed by atoms with E-state index in [1.54, 1.807) is 0 Å². The van der Waals surface area contributed by atoms with Crippen molar-refractivity contribution in [2.45, 2.75) is 12.8 Å². The first-order valence-electron chi connectivity index (χ1n) is 5.52. The first kappa shape index (κ1) is 14.4. The summed E-state index contributed by atoms with van der Waals surface area (Å²) >= 11 is 0. The molecule has 0 fully saturated rings. The van der Waals surface area contributed by atoms with E-state index in [1.807, 2.05) is 0 Å². The van der Waals surface area contributed by atoms with Crippen molar-refractivity contribution in [3.63, 3.8) is 0 Å². The van der Waals surface area contributed by atoms with Crippen LogP contribution in [0, 0.1) is 11.6 Å². The summed E-state index contributed by atoms with van der Waals surface area (Å²) in [6.45, 7) is 0.119. The van der Waals surface area contributed by atoms with Gasteiger partial charge >= 0.3 is 6.09 Å². The number of carbonyl (C=O) groups excluding carboxylic acids is 1. The van der Waals surface area contributed by atoms with Crippen LogP contribution < -0.4 is 4.90 Å². The summed E-state index contributed by atoms with van der Waals surface area (Å²) in [7, 11) is 1.17. The molecule has 0 saturated carbocycles. The molecule has 6 heteroatoms. The van der Waals surface area contributed by atoms with Gasteiger partial charge in [-0.05, 0) is 25.0 Å². The molecule has 0 aliphatic rings. The lowest BCUT2D eigenvalue weighted by Gasteiger charge is -2.21. The number of hydrogen-bond donors (Lipinski definition) is 1. The van der Waals surface area contributed by atoms with Gasteiger partial charge in [-0.2, -0.15) is 0 Å². The minimum Gasteiger partial charge on any atom is -0.452 e. The van der Waals surface area contributed by atoms with Gasteiger partial charge in [-0.15, -0.1) is 0 Å². The number of rotatable bonds is 5. The van der Waals surface area contributed by atoms with Gasteiger partial charge in [0.1, 0.15) is 0 Å². The third-order valence-corrected chi connectivity index (χ3v) is 2.41. The predicted molar refractivity (Wildman–Crippen MR) is 62.4 cm³/mol. The largest absolute Gasteiger partial charge is 0.452 e. The summed E-state index contributed by atoms with van der Waals surface area (Å²) in [5.74, 6) is -2.12. The van der Waals surface area contributed by atoms with Crippen molar-refractivity contribution in [2.75, 3.05) is 25.2 Å². The number of aliphatic hydroxyl groups is 1. The number of hydrogen-bond acceptors (Lipinski definition) is 3. The predicted octanol–water partition coefficient (Wildman–Crippen LogP) is 2.31. The Labute approximate surface area is 104 Å². The molecule has 18 heavy (non-hydrogen) atoms. The Kier molecular flexibility index (Phi) is 5.51. The van der Waals surface area contributed by atoms with E-state index in [-0.39, 0.29) is 18.8 Å². The van der Waals surface area contributed by atoms with Crippen LogP contribution >= 0.6 is 0 Å². The fourth-order valence-corrected chi connectivity index (χ4v) is 1.50. The van der Waals surface area contributed by atoms with Crippen molar-refractivity contribution in [3.05, 3.63) is 29.8 Å². The van der Waals surface area contributed by atoms with Crippen LogP contribution in [0.4, 0.5) is 19.3 Å². The Bertz CT molecular complexity index is 412. The minimum atomic E-state index is -1.09. The van der Waals surface area contributed by atoms with E-state index in [1.165, 1.54) is 19.2 Å². The molecule has 0 unspecified atom stereocenters. The van der Waals surface area contributed by atoms with Crippen LogP contribution in [-0.2, 0) is 4.74 Å². The van der Waals surface area contributed by atoms with Crippen molar-refractivity contribution in [3.8, 4) is 0 Å². The number of unbranched alkanes of at least 4 members (excludes halogenated alkanes) is 1. The quantitative estimate of drug-likeness (QED) is 0.825. The molecular formula is C12H15F2NO3. The fraction of sp³-hybridized carbons (Fsp3) is 0.417. The van der Waals surface area contributed by atoms with Crippen LogP contribution in [0.5, 0.6) is 0 Å². The van der Waals surface area contributed by atoms with E-state index in [4.69, 9.17) is 5.11 Å². The average molecular weight is 259 g/mol. The molecule has 0 heterocycles. The molecule has 100 valence electrons. The summed E-state index contributed by atoms with van der Waals surface area (Å²) in [6.07, 6.45) is 0.156. The molecule has 0 aliphatic carbocycles. The molecule has 0 aliphatic heterocycles. The molecule has 1 N–H and O–H groups in total. The summed E-state index contributed by atoms with van der Waals surface area (Å²) in [5, 5.41) is 8.68. The molecule has 0 bridgehead atoms. The molecule has 0 spiro atoms. The molecule has 0 aromatic heterocycles. The number of nitrogens with zero attached hydrogens (tertiary/aromatic N) is 1. The van der Waals surface area contributed by atoms with E-state index in [2.05, 4.69) is 4.74 Å². The zero-order chi connectivity index (χ0) is 13.5. The Balaban J connectivity index is 2.94. The topological polar surface area (TPSA) is 49.8 Å². The van der Waals surface area contributed by atoms with Crippen molar-refractivity contribution in [2.24, 2.45) is 0 Å². The number of aliphatic hydroxyl groups excluding tert-OH is 1. The van der Waals surface area contributed by atoms with Crippen LogP contribution in [0.15, 0.2) is 18.2 Å². The molecule has 1 aromatic rings. The Morgan fingerprint density at radius 1 is 1.39 bits per heavy atom. The van der Waals surface area contributed by atoms with Crippen LogP contribution in [0.3, 0.4) is 0 Å². The second kappa shape index (κ2) is 6.90. The number of amides is 1. The molecule has 1 amide bonds. The highest BCUT2D eigenvalue weighted by Crippen LogP contribution is 2.22. The SMILES string of the molecule is COC(=O)N(CCCCO)c1cccc(F)c1F. The molecular weight excluding hydrogens is 244 g/mol. The fourth-order valence-electron chi connectivity index (χ4n) is 1.50. The summed E-state index contributed by atoms with van der Waals surface area (Å²) in [4.78, 5) is 12.5. The zero-order valence-electron chi connectivity index (χ0n) is 10.0. The molecule has 0 radical (unpaired) electrons. The van der Waals surface area contributed by atoms with Gasteiger partial charge in [-0.3, -0.25) is 4.90 Å². The number of methoxy groups -OCH3 is 1. The zero-order valence-corrected chi connectivity index (χ0v) is 10.0. The van der Waals surface area contributed by atoms with E-state index in [0.29, 0.717) is 12.8 Å². The molecule has 1 rings (SSSR count). The maximum atomic E-state index is 13.6. The normalized spacial score (nSPS) is 10.2. The van der Waals surface area contributed by atoms with E-state index in [0.717, 1.165) is 11.0 Å². The number of ether oxygens (including phenoxy) is 1. The van der Waals surface area contributed by atoms with Crippen LogP contribution in [-0.4, -0.2) is 31.5 Å². The van der Waals surface area contributed by atoms with Crippen molar-refractivity contribution < 1.29 is 23.4 Å². The maximum Gasteiger partial charge on any atom is 0.414 e. The van der Waals surface area contributed by atoms with Gasteiger partial charge in [0.15, 0.2) is 11.6 Å². The van der Waals surface area contributed by atoms with Crippen molar-refractivity contribution in [1.29, 1.82) is 0 Å². The first-order chi connectivity index (χ1) is 8.61. The van der Waals surface area contributed by atoms with Gasteiger partial charge in [0, 0.05) is 13.2 Å². The highest BCUT2D eigenvalue weighted by Gasteiger charge is 2.21. The number of halogens is 2. The Hall–Kier alpha value is -1.69. The average Bonchev–Trinajstić information content (AvgIpc) is 2.38. The highest BCUT2D eigenvalue weighted by atomic mass is 19.2. The van der Waals surface area contributed by atoms with E-state index < -0.39 is 17.7 Å². The van der Waals surface area contributed by atoms with Gasteiger partial charge in [0.25, 0.3) is 0 Å². The second-order valence-corrected chi connectivity index (χ2v) is 3.63. The third kappa shape index (κ3) is 3.40. The number of benzene rings is 1. The maximum absolute atomic E-state index is 13.6. The molecule has 0 saturated heterocycles.